The fourth-order valence-corrected chi connectivity index (χ4v) is 2.95. The van der Waals surface area contributed by atoms with Crippen LogP contribution >= 0.6 is 23.2 Å². The number of carbonyl (C=O) groups is 1. The Bertz CT molecular complexity index is 1040. The van der Waals surface area contributed by atoms with Crippen LogP contribution in [0.4, 0.5) is 0 Å². The van der Waals surface area contributed by atoms with Gasteiger partial charge in [0.15, 0.2) is 11.5 Å². The number of nitrogens with zero attached hydrogens (tertiary/aromatic N) is 1. The lowest BCUT2D eigenvalue weighted by Gasteiger charge is -2.12. The van der Waals surface area contributed by atoms with Crippen molar-refractivity contribution in [2.45, 2.75) is 13.5 Å². The van der Waals surface area contributed by atoms with Gasteiger partial charge in [-0.2, -0.15) is 5.10 Å². The summed E-state index contributed by atoms with van der Waals surface area (Å²) >= 11 is 11.8. The molecule has 0 fully saturated rings. The second-order valence-corrected chi connectivity index (χ2v) is 7.14. The van der Waals surface area contributed by atoms with E-state index in [1.165, 1.54) is 6.21 Å². The number of benzene rings is 3. The average Bonchev–Trinajstić information content (AvgIpc) is 2.74. The summed E-state index contributed by atoms with van der Waals surface area (Å²) in [5.41, 5.74) is 4.67. The summed E-state index contributed by atoms with van der Waals surface area (Å²) in [6.45, 7) is 2.75. The van der Waals surface area contributed by atoms with Gasteiger partial charge in [-0.1, -0.05) is 35.3 Å². The molecule has 3 aromatic carbocycles. The van der Waals surface area contributed by atoms with Crippen molar-refractivity contribution in [1.29, 1.82) is 0 Å². The van der Waals surface area contributed by atoms with Crippen LogP contribution in [0.3, 0.4) is 0 Å². The quantitative estimate of drug-likeness (QED) is 0.357. The molecule has 0 heterocycles. The first-order chi connectivity index (χ1) is 14.5. The highest BCUT2D eigenvalue weighted by Crippen LogP contribution is 2.29. The van der Waals surface area contributed by atoms with Crippen LogP contribution < -0.4 is 14.9 Å². The molecule has 3 rings (SSSR count). The zero-order valence-corrected chi connectivity index (χ0v) is 17.8. The maximum atomic E-state index is 12.1. The van der Waals surface area contributed by atoms with E-state index in [2.05, 4.69) is 10.5 Å². The van der Waals surface area contributed by atoms with E-state index in [9.17, 15) is 4.79 Å². The molecule has 0 radical (unpaired) electrons. The van der Waals surface area contributed by atoms with Crippen LogP contribution in [0.25, 0.3) is 0 Å². The molecule has 5 nitrogen and oxygen atoms in total. The fourth-order valence-electron chi connectivity index (χ4n) is 2.61. The number of rotatable bonds is 8. The molecule has 0 unspecified atom stereocenters. The summed E-state index contributed by atoms with van der Waals surface area (Å²) in [7, 11) is 0. The van der Waals surface area contributed by atoms with E-state index >= 15 is 0 Å². The normalized spacial score (nSPS) is 10.8. The van der Waals surface area contributed by atoms with Crippen molar-refractivity contribution in [2.24, 2.45) is 5.10 Å². The lowest BCUT2D eigenvalue weighted by molar-refractivity contribution is 0.0955. The summed E-state index contributed by atoms with van der Waals surface area (Å²) in [6, 6.07) is 19.5. The third-order valence-electron chi connectivity index (χ3n) is 4.04. The van der Waals surface area contributed by atoms with E-state index in [4.69, 9.17) is 32.7 Å². The number of hydrazone groups is 1. The Morgan fingerprint density at radius 2 is 1.77 bits per heavy atom. The van der Waals surface area contributed by atoms with Crippen molar-refractivity contribution >= 4 is 35.3 Å². The van der Waals surface area contributed by atoms with Crippen LogP contribution in [0.15, 0.2) is 71.8 Å². The molecule has 0 saturated heterocycles. The molecule has 0 aliphatic heterocycles. The van der Waals surface area contributed by atoms with Gasteiger partial charge in [0.05, 0.1) is 12.8 Å². The standard InChI is InChI=1S/C23H20Cl2N2O3/c1-2-29-22-13-16(14-26-27-23(28)18-7-9-19(24)10-8-18)6-11-21(22)30-15-17-4-3-5-20(25)12-17/h3-14H,2,15H2,1H3,(H,27,28)/b26-14+. The van der Waals surface area contributed by atoms with Crippen LogP contribution in [0.1, 0.15) is 28.4 Å². The van der Waals surface area contributed by atoms with E-state index in [0.29, 0.717) is 40.3 Å². The smallest absolute Gasteiger partial charge is 0.271 e. The maximum absolute atomic E-state index is 12.1. The van der Waals surface area contributed by atoms with Gasteiger partial charge in [-0.3, -0.25) is 4.79 Å². The van der Waals surface area contributed by atoms with E-state index in [0.717, 1.165) is 11.1 Å². The minimum Gasteiger partial charge on any atom is -0.490 e. The number of amides is 1. The van der Waals surface area contributed by atoms with Gasteiger partial charge in [0.1, 0.15) is 6.61 Å². The van der Waals surface area contributed by atoms with Crippen molar-refractivity contribution in [2.75, 3.05) is 6.61 Å². The van der Waals surface area contributed by atoms with Crippen LogP contribution in [0, 0.1) is 0 Å². The topological polar surface area (TPSA) is 59.9 Å². The van der Waals surface area contributed by atoms with Crippen molar-refractivity contribution in [3.05, 3.63) is 93.5 Å². The minimum atomic E-state index is -0.325. The third kappa shape index (κ3) is 6.24. The predicted octanol–water partition coefficient (Wildman–Crippen LogP) is 5.74. The predicted molar refractivity (Wildman–Crippen MR) is 120 cm³/mol. The van der Waals surface area contributed by atoms with Crippen molar-refractivity contribution in [1.82, 2.24) is 5.43 Å². The molecule has 0 bridgehead atoms. The number of hydrogen-bond acceptors (Lipinski definition) is 4. The van der Waals surface area contributed by atoms with Crippen LogP contribution in [0.5, 0.6) is 11.5 Å². The molecule has 0 spiro atoms. The van der Waals surface area contributed by atoms with E-state index in [1.54, 1.807) is 36.4 Å². The van der Waals surface area contributed by atoms with Gasteiger partial charge in [-0.05, 0) is 72.6 Å². The summed E-state index contributed by atoms with van der Waals surface area (Å²) in [5.74, 6) is 0.876. The third-order valence-corrected chi connectivity index (χ3v) is 4.52. The second-order valence-electron chi connectivity index (χ2n) is 6.26. The number of carbonyl (C=O) groups excluding carboxylic acids is 1. The summed E-state index contributed by atoms with van der Waals surface area (Å²) < 4.78 is 11.6. The molecule has 0 aliphatic carbocycles. The molecule has 0 atom stereocenters. The lowest BCUT2D eigenvalue weighted by atomic mass is 10.2. The number of nitrogens with one attached hydrogen (secondary N) is 1. The van der Waals surface area contributed by atoms with Crippen molar-refractivity contribution in [3.8, 4) is 11.5 Å². The number of hydrogen-bond donors (Lipinski definition) is 1. The zero-order valence-electron chi connectivity index (χ0n) is 16.3. The highest BCUT2D eigenvalue weighted by Gasteiger charge is 2.07. The monoisotopic (exact) mass is 442 g/mol. The van der Waals surface area contributed by atoms with Crippen LogP contribution in [0.2, 0.25) is 10.0 Å². The molecule has 1 N–H and O–H groups in total. The van der Waals surface area contributed by atoms with E-state index in [-0.39, 0.29) is 5.91 Å². The Balaban J connectivity index is 1.65. The first-order valence-corrected chi connectivity index (χ1v) is 10.0. The highest BCUT2D eigenvalue weighted by atomic mass is 35.5. The Morgan fingerprint density at radius 3 is 2.50 bits per heavy atom. The second kappa shape index (κ2) is 10.7. The molecule has 3 aromatic rings. The van der Waals surface area contributed by atoms with Crippen molar-refractivity contribution < 1.29 is 14.3 Å². The van der Waals surface area contributed by atoms with Crippen LogP contribution in [-0.2, 0) is 6.61 Å². The molecule has 1 amide bonds. The molecule has 0 aliphatic rings. The fraction of sp³-hybridized carbons (Fsp3) is 0.130. The number of ether oxygens (including phenoxy) is 2. The molecule has 0 saturated carbocycles. The van der Waals surface area contributed by atoms with Crippen molar-refractivity contribution in [3.63, 3.8) is 0 Å². The molecular formula is C23H20Cl2N2O3. The Labute approximate surface area is 185 Å². The molecular weight excluding hydrogens is 423 g/mol. The highest BCUT2D eigenvalue weighted by molar-refractivity contribution is 6.30. The minimum absolute atomic E-state index is 0.325. The molecule has 0 aromatic heterocycles. The summed E-state index contributed by atoms with van der Waals surface area (Å²) in [4.78, 5) is 12.1. The number of halogens is 2. The van der Waals surface area contributed by atoms with Gasteiger partial charge in [0.2, 0.25) is 0 Å². The zero-order chi connectivity index (χ0) is 21.3. The van der Waals surface area contributed by atoms with Gasteiger partial charge in [-0.25, -0.2) is 5.43 Å². The largest absolute Gasteiger partial charge is 0.490 e. The molecule has 30 heavy (non-hydrogen) atoms. The Kier molecular flexibility index (Phi) is 7.71. The maximum Gasteiger partial charge on any atom is 0.271 e. The van der Waals surface area contributed by atoms with Gasteiger partial charge >= 0.3 is 0 Å². The first kappa shape index (κ1) is 21.7. The molecule has 154 valence electrons. The van der Waals surface area contributed by atoms with Gasteiger partial charge in [0.25, 0.3) is 5.91 Å². The van der Waals surface area contributed by atoms with E-state index in [1.807, 2.05) is 37.3 Å². The van der Waals surface area contributed by atoms with Gasteiger partial charge < -0.3 is 9.47 Å². The SMILES string of the molecule is CCOc1cc(/C=N/NC(=O)c2ccc(Cl)cc2)ccc1OCc1cccc(Cl)c1. The first-order valence-electron chi connectivity index (χ1n) is 9.28. The van der Waals surface area contributed by atoms with E-state index < -0.39 is 0 Å². The molecule has 7 heteroatoms. The van der Waals surface area contributed by atoms with Gasteiger partial charge in [-0.15, -0.1) is 0 Å². The Hall–Kier alpha value is -3.02. The van der Waals surface area contributed by atoms with Gasteiger partial charge in [0, 0.05) is 15.6 Å². The summed E-state index contributed by atoms with van der Waals surface area (Å²) in [5, 5.41) is 5.23. The van der Waals surface area contributed by atoms with Crippen LogP contribution in [-0.4, -0.2) is 18.7 Å². The Morgan fingerprint density at radius 1 is 0.967 bits per heavy atom. The lowest BCUT2D eigenvalue weighted by Crippen LogP contribution is -2.17. The average molecular weight is 443 g/mol. The summed E-state index contributed by atoms with van der Waals surface area (Å²) in [6.07, 6.45) is 1.54.